The second-order valence-corrected chi connectivity index (χ2v) is 6.28. The van der Waals surface area contributed by atoms with E-state index in [-0.39, 0.29) is 19.0 Å². The molecule has 0 aromatic heterocycles. The number of carbonyl (C=O) groups is 3. The lowest BCUT2D eigenvalue weighted by atomic mass is 10.2. The Kier molecular flexibility index (Phi) is 6.48. The molecule has 1 heterocycles. The monoisotopic (exact) mass is 351 g/mol. The summed E-state index contributed by atoms with van der Waals surface area (Å²) in [5, 5.41) is 5.31. The Labute approximate surface area is 145 Å². The van der Waals surface area contributed by atoms with Crippen LogP contribution >= 0.6 is 11.8 Å². The lowest BCUT2D eigenvalue weighted by molar-refractivity contribution is -0.132. The summed E-state index contributed by atoms with van der Waals surface area (Å²) in [6.07, 6.45) is 2.50. The Balaban J connectivity index is 1.88. The van der Waals surface area contributed by atoms with E-state index in [9.17, 15) is 14.4 Å². The van der Waals surface area contributed by atoms with Crippen LogP contribution < -0.4 is 15.4 Å². The van der Waals surface area contributed by atoms with Crippen molar-refractivity contribution in [3.05, 3.63) is 29.8 Å². The van der Waals surface area contributed by atoms with E-state index in [4.69, 9.17) is 4.74 Å². The maximum absolute atomic E-state index is 12.2. The zero-order valence-corrected chi connectivity index (χ0v) is 14.5. The molecule has 1 aliphatic rings. The molecule has 24 heavy (non-hydrogen) atoms. The van der Waals surface area contributed by atoms with E-state index in [1.54, 1.807) is 24.9 Å². The fourth-order valence-electron chi connectivity index (χ4n) is 2.40. The molecule has 0 saturated carbocycles. The summed E-state index contributed by atoms with van der Waals surface area (Å²) in [4.78, 5) is 37.0. The Morgan fingerprint density at radius 3 is 2.83 bits per heavy atom. The highest BCUT2D eigenvalue weighted by Gasteiger charge is 2.38. The highest BCUT2D eigenvalue weighted by atomic mass is 32.2. The molecule has 1 unspecified atom stereocenters. The lowest BCUT2D eigenvalue weighted by Crippen LogP contribution is -2.41. The third kappa shape index (κ3) is 4.41. The number of ether oxygens (including phenoxy) is 1. The normalized spacial score (nSPS) is 16.9. The van der Waals surface area contributed by atoms with Gasteiger partial charge in [0.1, 0.15) is 18.3 Å². The average molecular weight is 351 g/mol. The summed E-state index contributed by atoms with van der Waals surface area (Å²) in [5.41, 5.74) is 0.823. The van der Waals surface area contributed by atoms with Crippen LogP contribution in [0, 0.1) is 0 Å². The number of amides is 4. The Hall–Kier alpha value is -2.22. The van der Waals surface area contributed by atoms with Crippen molar-refractivity contribution < 1.29 is 19.1 Å². The van der Waals surface area contributed by atoms with Crippen LogP contribution in [0.3, 0.4) is 0 Å². The van der Waals surface area contributed by atoms with E-state index >= 15 is 0 Å². The molecule has 1 aromatic rings. The summed E-state index contributed by atoms with van der Waals surface area (Å²) < 4.78 is 5.21. The number of carbonyl (C=O) groups excluding carboxylic acids is 3. The molecule has 7 nitrogen and oxygen atoms in total. The van der Waals surface area contributed by atoms with Crippen LogP contribution in [-0.2, 0) is 16.1 Å². The maximum Gasteiger partial charge on any atom is 0.325 e. The van der Waals surface area contributed by atoms with Crippen molar-refractivity contribution in [1.29, 1.82) is 0 Å². The molecular weight excluding hydrogens is 330 g/mol. The SMILES string of the molecule is COc1ccccc1CNC(=O)CN1C(=O)NC(CCSC)C1=O. The average Bonchev–Trinajstić information content (AvgIpc) is 2.85. The number of methoxy groups -OCH3 is 1. The molecule has 0 spiro atoms. The standard InChI is InChI=1S/C16H21N3O4S/c1-23-13-6-4-3-5-11(13)9-17-14(20)10-19-15(21)12(7-8-24-2)18-16(19)22/h3-6,12H,7-10H2,1-2H3,(H,17,20)(H,18,22). The number of hydrogen-bond acceptors (Lipinski definition) is 5. The first-order valence-electron chi connectivity index (χ1n) is 7.56. The van der Waals surface area contributed by atoms with Crippen molar-refractivity contribution in [3.8, 4) is 5.75 Å². The molecule has 2 rings (SSSR count). The summed E-state index contributed by atoms with van der Waals surface area (Å²) in [5.74, 6) is 0.700. The summed E-state index contributed by atoms with van der Waals surface area (Å²) in [6.45, 7) is -0.0159. The number of imide groups is 1. The summed E-state index contributed by atoms with van der Waals surface area (Å²) in [7, 11) is 1.56. The van der Waals surface area contributed by atoms with Gasteiger partial charge in [0, 0.05) is 12.1 Å². The van der Waals surface area contributed by atoms with Crippen molar-refractivity contribution in [2.45, 2.75) is 19.0 Å². The molecule has 130 valence electrons. The van der Waals surface area contributed by atoms with Gasteiger partial charge in [-0.1, -0.05) is 18.2 Å². The van der Waals surface area contributed by atoms with Crippen LogP contribution in [0.4, 0.5) is 4.79 Å². The number of hydrogen-bond donors (Lipinski definition) is 2. The maximum atomic E-state index is 12.2. The van der Waals surface area contributed by atoms with Gasteiger partial charge < -0.3 is 15.4 Å². The molecule has 4 amide bonds. The van der Waals surface area contributed by atoms with E-state index in [1.165, 1.54) is 0 Å². The number of thioether (sulfide) groups is 1. The van der Waals surface area contributed by atoms with Gasteiger partial charge in [0.25, 0.3) is 5.91 Å². The van der Waals surface area contributed by atoms with Gasteiger partial charge in [0.15, 0.2) is 0 Å². The van der Waals surface area contributed by atoms with Crippen LogP contribution in [0.25, 0.3) is 0 Å². The van der Waals surface area contributed by atoms with E-state index in [1.807, 2.05) is 24.5 Å². The van der Waals surface area contributed by atoms with Crippen LogP contribution in [0.15, 0.2) is 24.3 Å². The minimum Gasteiger partial charge on any atom is -0.496 e. The van der Waals surface area contributed by atoms with Gasteiger partial charge in [-0.3, -0.25) is 14.5 Å². The van der Waals surface area contributed by atoms with Gasteiger partial charge in [0.2, 0.25) is 5.91 Å². The molecular formula is C16H21N3O4S. The minimum atomic E-state index is -0.535. The molecule has 1 aromatic carbocycles. The molecule has 8 heteroatoms. The second kappa shape index (κ2) is 8.58. The van der Waals surface area contributed by atoms with E-state index in [2.05, 4.69) is 10.6 Å². The Morgan fingerprint density at radius 1 is 1.38 bits per heavy atom. The third-order valence-corrected chi connectivity index (χ3v) is 4.33. The number of urea groups is 1. The van der Waals surface area contributed by atoms with Crippen molar-refractivity contribution in [2.75, 3.05) is 25.7 Å². The van der Waals surface area contributed by atoms with Crippen LogP contribution in [0.5, 0.6) is 5.75 Å². The first-order chi connectivity index (χ1) is 11.6. The van der Waals surface area contributed by atoms with Crippen LogP contribution in [-0.4, -0.2) is 54.5 Å². The topological polar surface area (TPSA) is 87.7 Å². The van der Waals surface area contributed by atoms with E-state index in [0.29, 0.717) is 12.2 Å². The number of nitrogens with one attached hydrogen (secondary N) is 2. The van der Waals surface area contributed by atoms with Crippen molar-refractivity contribution in [2.24, 2.45) is 0 Å². The predicted octanol–water partition coefficient (Wildman–Crippen LogP) is 0.985. The molecule has 0 radical (unpaired) electrons. The summed E-state index contributed by atoms with van der Waals surface area (Å²) >= 11 is 1.60. The van der Waals surface area contributed by atoms with Crippen molar-refractivity contribution >= 4 is 29.6 Å². The van der Waals surface area contributed by atoms with Gasteiger partial charge >= 0.3 is 6.03 Å². The fraction of sp³-hybridized carbons (Fsp3) is 0.438. The second-order valence-electron chi connectivity index (χ2n) is 5.30. The van der Waals surface area contributed by atoms with E-state index < -0.39 is 18.0 Å². The number of benzene rings is 1. The van der Waals surface area contributed by atoms with Crippen LogP contribution in [0.1, 0.15) is 12.0 Å². The summed E-state index contributed by atoms with van der Waals surface area (Å²) in [6, 6.07) is 6.27. The zero-order valence-electron chi connectivity index (χ0n) is 13.7. The molecule has 1 saturated heterocycles. The Bertz CT molecular complexity index is 623. The zero-order chi connectivity index (χ0) is 17.5. The molecule has 2 N–H and O–H groups in total. The minimum absolute atomic E-state index is 0.266. The fourth-order valence-corrected chi connectivity index (χ4v) is 2.87. The van der Waals surface area contributed by atoms with Gasteiger partial charge in [-0.05, 0) is 24.5 Å². The van der Waals surface area contributed by atoms with Gasteiger partial charge in [0.05, 0.1) is 7.11 Å². The number of rotatable bonds is 8. The lowest BCUT2D eigenvalue weighted by Gasteiger charge is -2.14. The smallest absolute Gasteiger partial charge is 0.325 e. The molecule has 0 aliphatic carbocycles. The molecule has 1 fully saturated rings. The quantitative estimate of drug-likeness (QED) is 0.682. The Morgan fingerprint density at radius 2 is 2.12 bits per heavy atom. The molecule has 1 atom stereocenters. The highest BCUT2D eigenvalue weighted by molar-refractivity contribution is 7.98. The first-order valence-corrected chi connectivity index (χ1v) is 8.95. The number of nitrogens with zero attached hydrogens (tertiary/aromatic N) is 1. The predicted molar refractivity (Wildman–Crippen MR) is 91.9 cm³/mol. The third-order valence-electron chi connectivity index (χ3n) is 3.69. The highest BCUT2D eigenvalue weighted by Crippen LogP contribution is 2.17. The number of para-hydroxylation sites is 1. The van der Waals surface area contributed by atoms with Crippen molar-refractivity contribution in [3.63, 3.8) is 0 Å². The van der Waals surface area contributed by atoms with Gasteiger partial charge in [-0.25, -0.2) is 4.79 Å². The van der Waals surface area contributed by atoms with Crippen molar-refractivity contribution in [1.82, 2.24) is 15.5 Å². The van der Waals surface area contributed by atoms with Crippen LogP contribution in [0.2, 0.25) is 0 Å². The van der Waals surface area contributed by atoms with Gasteiger partial charge in [-0.15, -0.1) is 0 Å². The van der Waals surface area contributed by atoms with Gasteiger partial charge in [-0.2, -0.15) is 11.8 Å². The largest absolute Gasteiger partial charge is 0.496 e. The van der Waals surface area contributed by atoms with E-state index in [0.717, 1.165) is 16.2 Å². The molecule has 0 bridgehead atoms. The first kappa shape index (κ1) is 18.1. The molecule has 1 aliphatic heterocycles.